The fourth-order valence-electron chi connectivity index (χ4n) is 3.05. The number of morpholine rings is 1. The number of benzene rings is 2. The van der Waals surface area contributed by atoms with Crippen molar-refractivity contribution in [3.63, 3.8) is 0 Å². The molecule has 1 heterocycles. The predicted molar refractivity (Wildman–Crippen MR) is 99.8 cm³/mol. The van der Waals surface area contributed by atoms with Crippen LogP contribution in [0.3, 0.4) is 0 Å². The van der Waals surface area contributed by atoms with E-state index >= 15 is 0 Å². The first-order valence-corrected chi connectivity index (χ1v) is 8.96. The molecule has 138 valence electrons. The smallest absolute Gasteiger partial charge is 0.251 e. The molecule has 1 N–H and O–H groups in total. The van der Waals surface area contributed by atoms with Crippen LogP contribution >= 0.6 is 0 Å². The Bertz CT molecular complexity index is 755. The molecule has 2 aromatic rings. The summed E-state index contributed by atoms with van der Waals surface area (Å²) in [6.45, 7) is 7.52. The molecule has 1 saturated heterocycles. The van der Waals surface area contributed by atoms with Gasteiger partial charge in [0.2, 0.25) is 0 Å². The van der Waals surface area contributed by atoms with E-state index in [1.807, 2.05) is 31.2 Å². The average Bonchev–Trinajstić information content (AvgIpc) is 2.65. The van der Waals surface area contributed by atoms with Crippen molar-refractivity contribution in [2.24, 2.45) is 0 Å². The van der Waals surface area contributed by atoms with E-state index in [0.29, 0.717) is 30.9 Å². The molecule has 0 radical (unpaired) electrons. The number of halogens is 1. The third kappa shape index (κ3) is 4.68. The summed E-state index contributed by atoms with van der Waals surface area (Å²) in [4.78, 5) is 15.0. The lowest BCUT2D eigenvalue weighted by Gasteiger charge is -2.31. The molecule has 1 amide bonds. The molecule has 1 fully saturated rings. The molecule has 1 aliphatic rings. The Kier molecular flexibility index (Phi) is 6.01. The Labute approximate surface area is 154 Å². The van der Waals surface area contributed by atoms with E-state index in [1.54, 1.807) is 19.1 Å². The van der Waals surface area contributed by atoms with Gasteiger partial charge in [-0.15, -0.1) is 0 Å². The van der Waals surface area contributed by atoms with Crippen molar-refractivity contribution < 1.29 is 13.9 Å². The molecule has 0 aliphatic carbocycles. The maximum absolute atomic E-state index is 13.8. The maximum atomic E-state index is 13.8. The van der Waals surface area contributed by atoms with Crippen molar-refractivity contribution in [2.45, 2.75) is 19.9 Å². The number of nitrogens with one attached hydrogen (secondary N) is 1. The second kappa shape index (κ2) is 8.43. The normalized spacial score (nSPS) is 16.3. The largest absolute Gasteiger partial charge is 0.379 e. The minimum atomic E-state index is -0.363. The van der Waals surface area contributed by atoms with Gasteiger partial charge in [-0.05, 0) is 37.1 Å². The standard InChI is InChI=1S/C21H25FN2O2/c1-15-3-6-17(7-4-15)20(14-24-9-11-26-12-10-24)23-21(25)18-8-5-16(2)19(22)13-18/h3-8,13,20H,9-12,14H2,1-2H3,(H,23,25)/t20-/m0/s1. The molecule has 0 unspecified atom stereocenters. The Morgan fingerprint density at radius 1 is 1.15 bits per heavy atom. The first-order chi connectivity index (χ1) is 12.5. The summed E-state index contributed by atoms with van der Waals surface area (Å²) >= 11 is 0. The predicted octanol–water partition coefficient (Wildman–Crippen LogP) is 3.25. The van der Waals surface area contributed by atoms with Crippen molar-refractivity contribution in [1.82, 2.24) is 10.2 Å². The fraction of sp³-hybridized carbons (Fsp3) is 0.381. The summed E-state index contributed by atoms with van der Waals surface area (Å²) in [6, 6.07) is 12.6. The topological polar surface area (TPSA) is 41.6 Å². The van der Waals surface area contributed by atoms with E-state index < -0.39 is 0 Å². The number of rotatable bonds is 5. The number of hydrogen-bond donors (Lipinski definition) is 1. The van der Waals surface area contributed by atoms with Crippen LogP contribution in [-0.2, 0) is 4.74 Å². The van der Waals surface area contributed by atoms with Crippen molar-refractivity contribution in [3.05, 3.63) is 70.5 Å². The first kappa shape index (κ1) is 18.5. The third-order valence-electron chi connectivity index (χ3n) is 4.76. The molecule has 2 aromatic carbocycles. The summed E-state index contributed by atoms with van der Waals surface area (Å²) < 4.78 is 19.2. The van der Waals surface area contributed by atoms with E-state index in [4.69, 9.17) is 4.74 Å². The van der Waals surface area contributed by atoms with Crippen LogP contribution in [0, 0.1) is 19.7 Å². The van der Waals surface area contributed by atoms with E-state index in [9.17, 15) is 9.18 Å². The van der Waals surface area contributed by atoms with Crippen LogP contribution in [0.2, 0.25) is 0 Å². The van der Waals surface area contributed by atoms with E-state index in [1.165, 1.54) is 11.6 Å². The first-order valence-electron chi connectivity index (χ1n) is 8.96. The van der Waals surface area contributed by atoms with Crippen LogP contribution in [0.4, 0.5) is 4.39 Å². The van der Waals surface area contributed by atoms with Gasteiger partial charge in [0.15, 0.2) is 0 Å². The van der Waals surface area contributed by atoms with Gasteiger partial charge in [-0.2, -0.15) is 0 Å². The SMILES string of the molecule is Cc1ccc([C@H](CN2CCOCC2)NC(=O)c2ccc(C)c(F)c2)cc1. The highest BCUT2D eigenvalue weighted by atomic mass is 19.1. The average molecular weight is 356 g/mol. The molecule has 0 saturated carbocycles. The van der Waals surface area contributed by atoms with Gasteiger partial charge in [-0.25, -0.2) is 4.39 Å². The van der Waals surface area contributed by atoms with E-state index in [2.05, 4.69) is 10.2 Å². The van der Waals surface area contributed by atoms with Crippen LogP contribution in [0.1, 0.15) is 33.1 Å². The zero-order chi connectivity index (χ0) is 18.5. The summed E-state index contributed by atoms with van der Waals surface area (Å²) in [5, 5.41) is 3.07. The summed E-state index contributed by atoms with van der Waals surface area (Å²) in [7, 11) is 0. The lowest BCUT2D eigenvalue weighted by Crippen LogP contribution is -2.43. The molecule has 0 spiro atoms. The summed E-state index contributed by atoms with van der Waals surface area (Å²) in [5.41, 5.74) is 3.09. The molecular weight excluding hydrogens is 331 g/mol. The lowest BCUT2D eigenvalue weighted by atomic mass is 10.0. The quantitative estimate of drug-likeness (QED) is 0.894. The van der Waals surface area contributed by atoms with Gasteiger partial charge >= 0.3 is 0 Å². The van der Waals surface area contributed by atoms with Gasteiger partial charge in [0, 0.05) is 25.2 Å². The third-order valence-corrected chi connectivity index (χ3v) is 4.76. The Morgan fingerprint density at radius 2 is 1.85 bits per heavy atom. The Balaban J connectivity index is 1.78. The van der Waals surface area contributed by atoms with Crippen molar-refractivity contribution in [1.29, 1.82) is 0 Å². The van der Waals surface area contributed by atoms with Gasteiger partial charge in [-0.1, -0.05) is 35.9 Å². The summed E-state index contributed by atoms with van der Waals surface area (Å²) in [6.07, 6.45) is 0. The lowest BCUT2D eigenvalue weighted by molar-refractivity contribution is 0.0332. The Hall–Kier alpha value is -2.24. The zero-order valence-electron chi connectivity index (χ0n) is 15.3. The van der Waals surface area contributed by atoms with Crippen molar-refractivity contribution in [2.75, 3.05) is 32.8 Å². The van der Waals surface area contributed by atoms with Crippen molar-refractivity contribution >= 4 is 5.91 Å². The van der Waals surface area contributed by atoms with Gasteiger partial charge in [-0.3, -0.25) is 9.69 Å². The number of ether oxygens (including phenoxy) is 1. The van der Waals surface area contributed by atoms with Crippen LogP contribution < -0.4 is 5.32 Å². The van der Waals surface area contributed by atoms with Gasteiger partial charge in [0.05, 0.1) is 19.3 Å². The molecule has 0 bridgehead atoms. The highest BCUT2D eigenvalue weighted by molar-refractivity contribution is 5.94. The number of carbonyl (C=O) groups is 1. The van der Waals surface area contributed by atoms with Gasteiger partial charge in [0.1, 0.15) is 5.82 Å². The summed E-state index contributed by atoms with van der Waals surface area (Å²) in [5.74, 6) is -0.625. The van der Waals surface area contributed by atoms with Gasteiger partial charge < -0.3 is 10.1 Å². The monoisotopic (exact) mass is 356 g/mol. The van der Waals surface area contributed by atoms with E-state index in [0.717, 1.165) is 18.7 Å². The second-order valence-electron chi connectivity index (χ2n) is 6.81. The molecular formula is C21H25FN2O2. The highest BCUT2D eigenvalue weighted by Gasteiger charge is 2.21. The van der Waals surface area contributed by atoms with Crippen molar-refractivity contribution in [3.8, 4) is 0 Å². The maximum Gasteiger partial charge on any atom is 0.251 e. The Morgan fingerprint density at radius 3 is 2.50 bits per heavy atom. The molecule has 5 heteroatoms. The zero-order valence-corrected chi connectivity index (χ0v) is 15.3. The number of amides is 1. The highest BCUT2D eigenvalue weighted by Crippen LogP contribution is 2.18. The van der Waals surface area contributed by atoms with Crippen LogP contribution in [0.5, 0.6) is 0 Å². The minimum Gasteiger partial charge on any atom is -0.379 e. The molecule has 0 aromatic heterocycles. The fourth-order valence-corrected chi connectivity index (χ4v) is 3.05. The minimum absolute atomic E-state index is 0.162. The molecule has 1 aliphatic heterocycles. The second-order valence-corrected chi connectivity index (χ2v) is 6.81. The van der Waals surface area contributed by atoms with Crippen LogP contribution in [-0.4, -0.2) is 43.7 Å². The molecule has 26 heavy (non-hydrogen) atoms. The number of carbonyl (C=O) groups excluding carboxylic acids is 1. The van der Waals surface area contributed by atoms with E-state index in [-0.39, 0.29) is 17.8 Å². The van der Waals surface area contributed by atoms with Gasteiger partial charge in [0.25, 0.3) is 5.91 Å². The molecule has 1 atom stereocenters. The molecule has 3 rings (SSSR count). The van der Waals surface area contributed by atoms with Crippen LogP contribution in [0.25, 0.3) is 0 Å². The molecule has 4 nitrogen and oxygen atoms in total. The number of hydrogen-bond acceptors (Lipinski definition) is 3. The number of aryl methyl sites for hydroxylation is 2. The van der Waals surface area contributed by atoms with Crippen LogP contribution in [0.15, 0.2) is 42.5 Å². The number of nitrogens with zero attached hydrogens (tertiary/aromatic N) is 1.